The molecule has 0 saturated carbocycles. The molecule has 1 aliphatic rings. The van der Waals surface area contributed by atoms with Crippen molar-refractivity contribution in [3.05, 3.63) is 111 Å². The number of carbonyl (C=O) groups is 1. The molecule has 3 aromatic carbocycles. The minimum Gasteiger partial charge on any atom is -0.329 e. The number of nitrogens with zero attached hydrogens (tertiary/aromatic N) is 3. The van der Waals surface area contributed by atoms with E-state index < -0.39 is 11.0 Å². The van der Waals surface area contributed by atoms with Crippen LogP contribution in [0.4, 0.5) is 11.6 Å². The van der Waals surface area contributed by atoms with Gasteiger partial charge in [0.2, 0.25) is 5.95 Å². The predicted molar refractivity (Wildman–Crippen MR) is 118 cm³/mol. The fourth-order valence-electron chi connectivity index (χ4n) is 4.13. The lowest BCUT2D eigenvalue weighted by molar-refractivity contribution is -0.384. The first kappa shape index (κ1) is 18.7. The first-order chi connectivity index (χ1) is 15.0. The molecule has 0 amide bonds. The number of para-hydroxylation sites is 2. The second kappa shape index (κ2) is 7.21. The molecule has 7 heteroatoms. The number of nitro benzene ring substituents is 1. The normalized spacial score (nSPS) is 15.5. The molecule has 0 spiro atoms. The molecular weight excluding hydrogens is 392 g/mol. The van der Waals surface area contributed by atoms with Gasteiger partial charge in [-0.3, -0.25) is 19.5 Å². The van der Waals surface area contributed by atoms with Gasteiger partial charge in [0.15, 0.2) is 5.78 Å². The van der Waals surface area contributed by atoms with E-state index in [9.17, 15) is 14.9 Å². The van der Waals surface area contributed by atoms with Crippen molar-refractivity contribution in [1.29, 1.82) is 0 Å². The fourth-order valence-corrected chi connectivity index (χ4v) is 4.13. The zero-order valence-corrected chi connectivity index (χ0v) is 16.6. The number of non-ortho nitro benzene ring substituents is 1. The number of Topliss-reactive ketones (excluding diaryl/α,β-unsaturated/α-hetero) is 1. The van der Waals surface area contributed by atoms with Crippen LogP contribution in [-0.2, 0) is 0 Å². The standard InChI is InChI=1S/C24H18N4O3/c1-15-21(23(29)16-8-3-2-4-9-16)22(17-10-7-11-18(14-17)28(30)31)27-20-13-6-5-12-19(20)26-24(27)25-15/h2-14,22H,1H3,(H,25,26)/t22-/m1/s1. The van der Waals surface area contributed by atoms with Crippen molar-refractivity contribution < 1.29 is 9.72 Å². The number of nitrogens with one attached hydrogen (secondary N) is 1. The van der Waals surface area contributed by atoms with Crippen LogP contribution in [0.5, 0.6) is 0 Å². The Morgan fingerprint density at radius 1 is 1.03 bits per heavy atom. The van der Waals surface area contributed by atoms with Gasteiger partial charge in [0, 0.05) is 29.0 Å². The Kier molecular flexibility index (Phi) is 4.36. The highest BCUT2D eigenvalue weighted by Crippen LogP contribution is 2.40. The zero-order valence-electron chi connectivity index (χ0n) is 16.6. The third kappa shape index (κ3) is 3.07. The second-order valence-corrected chi connectivity index (χ2v) is 7.41. The molecule has 5 rings (SSSR count). The Balaban J connectivity index is 1.78. The maximum absolute atomic E-state index is 13.6. The number of ketones is 1. The highest BCUT2D eigenvalue weighted by atomic mass is 16.6. The Hall–Kier alpha value is -4.26. The highest BCUT2D eigenvalue weighted by molar-refractivity contribution is 6.11. The molecule has 0 unspecified atom stereocenters. The molecule has 7 nitrogen and oxygen atoms in total. The number of rotatable bonds is 4. The van der Waals surface area contributed by atoms with E-state index in [0.717, 1.165) is 11.0 Å². The summed E-state index contributed by atoms with van der Waals surface area (Å²) in [5.41, 5.74) is 4.01. The van der Waals surface area contributed by atoms with Gasteiger partial charge in [0.05, 0.1) is 22.0 Å². The molecule has 1 N–H and O–H groups in total. The number of carbonyl (C=O) groups excluding carboxylic acids is 1. The monoisotopic (exact) mass is 410 g/mol. The highest BCUT2D eigenvalue weighted by Gasteiger charge is 2.34. The number of hydrogen-bond acceptors (Lipinski definition) is 5. The molecule has 31 heavy (non-hydrogen) atoms. The van der Waals surface area contributed by atoms with Crippen LogP contribution in [0.2, 0.25) is 0 Å². The molecule has 1 atom stereocenters. The first-order valence-corrected chi connectivity index (χ1v) is 9.83. The third-order valence-corrected chi connectivity index (χ3v) is 5.51. The lowest BCUT2D eigenvalue weighted by Crippen LogP contribution is -2.28. The summed E-state index contributed by atoms with van der Waals surface area (Å²) in [4.78, 5) is 29.3. The second-order valence-electron chi connectivity index (χ2n) is 7.41. The first-order valence-electron chi connectivity index (χ1n) is 9.83. The van der Waals surface area contributed by atoms with Crippen LogP contribution in [0.25, 0.3) is 11.0 Å². The van der Waals surface area contributed by atoms with Gasteiger partial charge in [-0.25, -0.2) is 4.98 Å². The molecule has 152 valence electrons. The fraction of sp³-hybridized carbons (Fsp3) is 0.0833. The SMILES string of the molecule is CC1=C(C(=O)c2ccccc2)[C@@H](c2cccc([N+](=O)[O-])c2)n2c(nc3ccccc32)N1. The minimum absolute atomic E-state index is 0.0221. The van der Waals surface area contributed by atoms with Crippen molar-refractivity contribution in [2.24, 2.45) is 0 Å². The lowest BCUT2D eigenvalue weighted by Gasteiger charge is -2.30. The van der Waals surface area contributed by atoms with Crippen molar-refractivity contribution in [1.82, 2.24) is 9.55 Å². The predicted octanol–water partition coefficient (Wildman–Crippen LogP) is 5.12. The van der Waals surface area contributed by atoms with E-state index >= 15 is 0 Å². The summed E-state index contributed by atoms with van der Waals surface area (Å²) in [5, 5.41) is 14.7. The average molecular weight is 410 g/mol. The van der Waals surface area contributed by atoms with Gasteiger partial charge < -0.3 is 5.32 Å². The van der Waals surface area contributed by atoms with E-state index in [1.54, 1.807) is 18.2 Å². The third-order valence-electron chi connectivity index (χ3n) is 5.51. The van der Waals surface area contributed by atoms with Gasteiger partial charge in [0.25, 0.3) is 5.69 Å². The topological polar surface area (TPSA) is 90.1 Å². The van der Waals surface area contributed by atoms with Gasteiger partial charge in [-0.15, -0.1) is 0 Å². The molecule has 2 heterocycles. The average Bonchev–Trinajstić information content (AvgIpc) is 3.16. The number of hydrogen-bond donors (Lipinski definition) is 1. The van der Waals surface area contributed by atoms with Gasteiger partial charge in [-0.05, 0) is 24.6 Å². The Labute approximate surface area is 177 Å². The number of benzene rings is 3. The van der Waals surface area contributed by atoms with Crippen LogP contribution >= 0.6 is 0 Å². The summed E-state index contributed by atoms with van der Waals surface area (Å²) in [7, 11) is 0. The van der Waals surface area contributed by atoms with Crippen LogP contribution in [0.1, 0.15) is 28.9 Å². The Morgan fingerprint density at radius 2 is 1.77 bits per heavy atom. The number of fused-ring (bicyclic) bond motifs is 3. The van der Waals surface area contributed by atoms with Crippen molar-refractivity contribution in [3.63, 3.8) is 0 Å². The van der Waals surface area contributed by atoms with Crippen molar-refractivity contribution in [2.75, 3.05) is 5.32 Å². The van der Waals surface area contributed by atoms with Crippen LogP contribution in [-0.4, -0.2) is 20.3 Å². The summed E-state index contributed by atoms with van der Waals surface area (Å²) >= 11 is 0. The minimum atomic E-state index is -0.559. The number of allylic oxidation sites excluding steroid dienone is 2. The van der Waals surface area contributed by atoms with E-state index in [2.05, 4.69) is 10.3 Å². The van der Waals surface area contributed by atoms with E-state index in [0.29, 0.717) is 28.3 Å². The number of nitro groups is 1. The van der Waals surface area contributed by atoms with Crippen molar-refractivity contribution >= 4 is 28.5 Å². The molecule has 1 aliphatic heterocycles. The van der Waals surface area contributed by atoms with Gasteiger partial charge in [0.1, 0.15) is 0 Å². The Bertz CT molecular complexity index is 1370. The summed E-state index contributed by atoms with van der Waals surface area (Å²) in [6.45, 7) is 1.84. The molecular formula is C24H18N4O3. The molecule has 0 radical (unpaired) electrons. The van der Waals surface area contributed by atoms with E-state index in [1.807, 2.05) is 60.0 Å². The van der Waals surface area contributed by atoms with Gasteiger partial charge >= 0.3 is 0 Å². The number of aromatic nitrogens is 2. The maximum atomic E-state index is 13.6. The largest absolute Gasteiger partial charge is 0.329 e. The molecule has 4 aromatic rings. The van der Waals surface area contributed by atoms with Crippen LogP contribution in [0.15, 0.2) is 90.1 Å². The summed E-state index contributed by atoms with van der Waals surface area (Å²) in [6, 6.07) is 22.6. The van der Waals surface area contributed by atoms with E-state index in [4.69, 9.17) is 0 Å². The van der Waals surface area contributed by atoms with Crippen LogP contribution in [0.3, 0.4) is 0 Å². The van der Waals surface area contributed by atoms with Crippen molar-refractivity contribution in [2.45, 2.75) is 13.0 Å². The lowest BCUT2D eigenvalue weighted by atomic mass is 9.89. The van der Waals surface area contributed by atoms with Crippen molar-refractivity contribution in [3.8, 4) is 0 Å². The quantitative estimate of drug-likeness (QED) is 0.287. The summed E-state index contributed by atoms with van der Waals surface area (Å²) < 4.78 is 1.94. The maximum Gasteiger partial charge on any atom is 0.269 e. The van der Waals surface area contributed by atoms with Crippen LogP contribution < -0.4 is 5.32 Å². The molecule has 0 bridgehead atoms. The smallest absolute Gasteiger partial charge is 0.269 e. The van der Waals surface area contributed by atoms with Gasteiger partial charge in [-0.2, -0.15) is 0 Å². The number of imidazole rings is 1. The van der Waals surface area contributed by atoms with Gasteiger partial charge in [-0.1, -0.05) is 54.6 Å². The molecule has 0 aliphatic carbocycles. The van der Waals surface area contributed by atoms with E-state index in [-0.39, 0.29) is 11.5 Å². The van der Waals surface area contributed by atoms with E-state index in [1.165, 1.54) is 12.1 Å². The Morgan fingerprint density at radius 3 is 2.55 bits per heavy atom. The molecule has 0 fully saturated rings. The molecule has 1 aromatic heterocycles. The molecule has 0 saturated heterocycles. The summed E-state index contributed by atoms with van der Waals surface area (Å²) in [5.74, 6) is 0.463. The number of anilines is 1. The summed E-state index contributed by atoms with van der Waals surface area (Å²) in [6.07, 6.45) is 0. The zero-order chi connectivity index (χ0) is 21.5. The van der Waals surface area contributed by atoms with Crippen LogP contribution in [0, 0.1) is 10.1 Å².